The van der Waals surface area contributed by atoms with Crippen molar-refractivity contribution in [2.24, 2.45) is 0 Å². The number of hydrogen-bond donors (Lipinski definition) is 1. The van der Waals surface area contributed by atoms with Crippen molar-refractivity contribution in [3.8, 4) is 11.6 Å². The Labute approximate surface area is 194 Å². The van der Waals surface area contributed by atoms with Crippen molar-refractivity contribution in [1.82, 2.24) is 39.4 Å². The van der Waals surface area contributed by atoms with Gasteiger partial charge >= 0.3 is 0 Å². The lowest BCUT2D eigenvalue weighted by molar-refractivity contribution is -0.132. The number of nitrogens with two attached hydrogens (primary N) is 1. The zero-order chi connectivity index (χ0) is 23.1. The minimum atomic E-state index is -0.336. The molecule has 0 spiro atoms. The number of hydrogen-bond acceptors (Lipinski definition) is 11. The van der Waals surface area contributed by atoms with E-state index in [1.807, 2.05) is 9.80 Å². The maximum absolute atomic E-state index is 13.4. The van der Waals surface area contributed by atoms with Crippen LogP contribution in [-0.4, -0.2) is 84.1 Å². The van der Waals surface area contributed by atoms with Crippen LogP contribution in [0.5, 0.6) is 0 Å². The molecule has 4 aromatic heterocycles. The second-order valence-electron chi connectivity index (χ2n) is 8.23. The molecule has 0 aliphatic carbocycles. The van der Waals surface area contributed by atoms with Crippen molar-refractivity contribution < 1.29 is 9.21 Å². The van der Waals surface area contributed by atoms with E-state index in [9.17, 15) is 4.79 Å². The molecule has 2 aliphatic rings. The number of rotatable bonds is 4. The highest BCUT2D eigenvalue weighted by Gasteiger charge is 2.37. The molecule has 2 N–H and O–H groups in total. The zero-order valence-corrected chi connectivity index (χ0v) is 18.4. The number of carbonyl (C=O) groups excluding carboxylic acids is 1. The third-order valence-corrected chi connectivity index (χ3v) is 6.22. The number of piperazine rings is 1. The average Bonchev–Trinajstić information content (AvgIpc) is 3.64. The van der Waals surface area contributed by atoms with Crippen LogP contribution < -0.4 is 15.5 Å². The van der Waals surface area contributed by atoms with Crippen molar-refractivity contribution in [3.63, 3.8) is 0 Å². The molecule has 2 fully saturated rings. The first-order valence-electron chi connectivity index (χ1n) is 11.2. The Morgan fingerprint density at radius 2 is 1.97 bits per heavy atom. The molecule has 34 heavy (non-hydrogen) atoms. The Morgan fingerprint density at radius 3 is 2.74 bits per heavy atom. The molecular formula is C21H23N11O2. The SMILES string of the molecule is Nc1nc(N2CCC[C@H]2C(=O)N2CCN(c3cnccn3)CC2)nc2nc(-c3ccco3)nn12. The molecule has 1 amide bonds. The van der Waals surface area contributed by atoms with Gasteiger partial charge in [-0.15, -0.1) is 5.10 Å². The van der Waals surface area contributed by atoms with Crippen LogP contribution in [0.1, 0.15) is 12.8 Å². The summed E-state index contributed by atoms with van der Waals surface area (Å²) in [6, 6.07) is 3.19. The number of anilines is 3. The van der Waals surface area contributed by atoms with Gasteiger partial charge in [-0.25, -0.2) is 4.98 Å². The highest BCUT2D eigenvalue weighted by atomic mass is 16.3. The first-order valence-corrected chi connectivity index (χ1v) is 11.2. The summed E-state index contributed by atoms with van der Waals surface area (Å²) in [4.78, 5) is 41.3. The van der Waals surface area contributed by atoms with E-state index in [1.54, 1.807) is 37.0 Å². The molecule has 0 aromatic carbocycles. The maximum Gasteiger partial charge on any atom is 0.259 e. The van der Waals surface area contributed by atoms with Crippen molar-refractivity contribution in [2.75, 3.05) is 48.3 Å². The van der Waals surface area contributed by atoms with Crippen LogP contribution in [0.2, 0.25) is 0 Å². The van der Waals surface area contributed by atoms with Gasteiger partial charge < -0.3 is 24.9 Å². The number of nitrogen functional groups attached to an aromatic ring is 1. The fraction of sp³-hybridized carbons (Fsp3) is 0.381. The van der Waals surface area contributed by atoms with Crippen LogP contribution in [0.3, 0.4) is 0 Å². The number of fused-ring (bicyclic) bond motifs is 1. The molecule has 6 rings (SSSR count). The Bertz CT molecular complexity index is 1300. The van der Waals surface area contributed by atoms with Gasteiger partial charge in [0.1, 0.15) is 11.9 Å². The number of amides is 1. The van der Waals surface area contributed by atoms with Gasteiger partial charge in [0.25, 0.3) is 5.78 Å². The molecule has 13 heteroatoms. The summed E-state index contributed by atoms with van der Waals surface area (Å²) in [5.74, 6) is 2.65. The minimum Gasteiger partial charge on any atom is -0.461 e. The summed E-state index contributed by atoms with van der Waals surface area (Å²) in [7, 11) is 0. The Balaban J connectivity index is 1.20. The third-order valence-electron chi connectivity index (χ3n) is 6.22. The number of aromatic nitrogens is 7. The summed E-state index contributed by atoms with van der Waals surface area (Å²) in [6.07, 6.45) is 8.24. The first-order chi connectivity index (χ1) is 16.7. The van der Waals surface area contributed by atoms with Gasteiger partial charge in [-0.1, -0.05) is 0 Å². The number of carbonyl (C=O) groups is 1. The first kappa shape index (κ1) is 20.3. The van der Waals surface area contributed by atoms with Crippen molar-refractivity contribution in [3.05, 3.63) is 37.0 Å². The zero-order valence-electron chi connectivity index (χ0n) is 18.4. The number of furan rings is 1. The molecule has 2 aliphatic heterocycles. The summed E-state index contributed by atoms with van der Waals surface area (Å²) < 4.78 is 6.75. The molecule has 4 aromatic rings. The number of nitrogens with zero attached hydrogens (tertiary/aromatic N) is 10. The van der Waals surface area contributed by atoms with Crippen LogP contribution in [0, 0.1) is 0 Å². The smallest absolute Gasteiger partial charge is 0.259 e. The molecule has 1 atom stereocenters. The monoisotopic (exact) mass is 461 g/mol. The normalized spacial score (nSPS) is 18.7. The summed E-state index contributed by atoms with van der Waals surface area (Å²) in [5, 5.41) is 4.34. The van der Waals surface area contributed by atoms with E-state index in [1.165, 1.54) is 4.52 Å². The summed E-state index contributed by atoms with van der Waals surface area (Å²) in [6.45, 7) is 3.34. The predicted octanol–water partition coefficient (Wildman–Crippen LogP) is 0.469. The summed E-state index contributed by atoms with van der Waals surface area (Å²) >= 11 is 0. The van der Waals surface area contributed by atoms with Crippen LogP contribution in [0.15, 0.2) is 41.4 Å². The highest BCUT2D eigenvalue weighted by Crippen LogP contribution is 2.26. The van der Waals surface area contributed by atoms with E-state index in [0.29, 0.717) is 56.0 Å². The second kappa shape index (κ2) is 8.24. The topological polar surface area (TPSA) is 148 Å². The molecule has 0 saturated carbocycles. The molecule has 0 bridgehead atoms. The van der Waals surface area contributed by atoms with E-state index in [2.05, 4.69) is 34.9 Å². The Kier molecular flexibility index (Phi) is 4.93. The fourth-order valence-corrected chi connectivity index (χ4v) is 4.52. The van der Waals surface area contributed by atoms with Crippen LogP contribution in [0.4, 0.5) is 17.7 Å². The van der Waals surface area contributed by atoms with Crippen LogP contribution in [-0.2, 0) is 4.79 Å². The van der Waals surface area contributed by atoms with Crippen molar-refractivity contribution >= 4 is 29.4 Å². The second-order valence-corrected chi connectivity index (χ2v) is 8.23. The van der Waals surface area contributed by atoms with Gasteiger partial charge in [-0.05, 0) is 25.0 Å². The van der Waals surface area contributed by atoms with Crippen LogP contribution in [0.25, 0.3) is 17.4 Å². The molecule has 174 valence electrons. The largest absolute Gasteiger partial charge is 0.461 e. The lowest BCUT2D eigenvalue weighted by atomic mass is 10.1. The van der Waals surface area contributed by atoms with Gasteiger partial charge in [0.2, 0.25) is 23.6 Å². The van der Waals surface area contributed by atoms with E-state index in [0.717, 1.165) is 18.7 Å². The molecule has 13 nitrogen and oxygen atoms in total. The molecule has 0 unspecified atom stereocenters. The molecule has 2 saturated heterocycles. The van der Waals surface area contributed by atoms with E-state index in [4.69, 9.17) is 10.2 Å². The van der Waals surface area contributed by atoms with Gasteiger partial charge in [-0.2, -0.15) is 19.5 Å². The van der Waals surface area contributed by atoms with Crippen LogP contribution >= 0.6 is 0 Å². The lowest BCUT2D eigenvalue weighted by Crippen LogP contribution is -2.54. The average molecular weight is 461 g/mol. The van der Waals surface area contributed by atoms with E-state index < -0.39 is 0 Å². The maximum atomic E-state index is 13.4. The quantitative estimate of drug-likeness (QED) is 0.452. The Morgan fingerprint density at radius 1 is 1.09 bits per heavy atom. The fourth-order valence-electron chi connectivity index (χ4n) is 4.52. The predicted molar refractivity (Wildman–Crippen MR) is 122 cm³/mol. The van der Waals surface area contributed by atoms with Crippen molar-refractivity contribution in [1.29, 1.82) is 0 Å². The molecule has 6 heterocycles. The van der Waals surface area contributed by atoms with Crippen molar-refractivity contribution in [2.45, 2.75) is 18.9 Å². The van der Waals surface area contributed by atoms with Gasteiger partial charge in [0.15, 0.2) is 5.76 Å². The molecule has 0 radical (unpaired) electrons. The standard InChI is InChI=1S/C21H23N11O2/c22-19-26-20(27-21-25-17(28-32(19)21)15-4-2-12-34-15)31-7-1-3-14(31)18(33)30-10-8-29(9-11-30)16-13-23-5-6-24-16/h2,4-6,12-14H,1,3,7-11H2,(H2,22,25,26,27,28)/t14-/m0/s1. The minimum absolute atomic E-state index is 0.0797. The van der Waals surface area contributed by atoms with E-state index >= 15 is 0 Å². The van der Waals surface area contributed by atoms with Gasteiger partial charge in [0, 0.05) is 45.1 Å². The van der Waals surface area contributed by atoms with Gasteiger partial charge in [-0.3, -0.25) is 9.78 Å². The van der Waals surface area contributed by atoms with Gasteiger partial charge in [0.05, 0.1) is 12.5 Å². The lowest BCUT2D eigenvalue weighted by Gasteiger charge is -2.37. The highest BCUT2D eigenvalue weighted by molar-refractivity contribution is 5.85. The van der Waals surface area contributed by atoms with E-state index in [-0.39, 0.29) is 17.9 Å². The molecular weight excluding hydrogens is 438 g/mol. The third kappa shape index (κ3) is 3.54. The Hall–Kier alpha value is -4.29. The summed E-state index contributed by atoms with van der Waals surface area (Å²) in [5.41, 5.74) is 6.17.